The molecule has 0 bridgehead atoms. The molecule has 85 heavy (non-hydrogen) atoms. The molecule has 20 N–H and O–H groups in total. The number of H-pyrrole nitrogens is 1. The Morgan fingerprint density at radius 1 is 0.588 bits per heavy atom. The van der Waals surface area contributed by atoms with Crippen molar-refractivity contribution in [3.63, 3.8) is 0 Å². The number of hydrogen-bond acceptors (Lipinski definition) is 18. The zero-order valence-electron chi connectivity index (χ0n) is 46.1. The molecule has 10 atom stereocenters. The summed E-state index contributed by atoms with van der Waals surface area (Å²) in [5.41, 5.74) is 17.9. The fourth-order valence-electron chi connectivity index (χ4n) is 9.01. The number of aliphatic hydroxyl groups excluding tert-OH is 2. The van der Waals surface area contributed by atoms with Crippen LogP contribution in [-0.2, 0) is 78.4 Å². The van der Waals surface area contributed by atoms with Gasteiger partial charge in [0.25, 0.3) is 0 Å². The van der Waals surface area contributed by atoms with Gasteiger partial charge in [0.15, 0.2) is 6.04 Å². The molecule has 30 heteroatoms. The SMILES string of the molecule is C[C@@H](O)[C@H](NC(=O)[C@H](Cc1ccc(O)cc1)NC(=O)[C@@H]1CCCN1C(=O)[C@H](Cc1ccc(O)cc1)NC(=O)[C@H](CO)NC(=O)[C@H](Cc1cnc[nH]1)NC(=O)[C@H](Cc1ccc(O)cc1)NC(=O)[C@H](CCC(N)=O)NC(=O)[C@@H](N)CCC(N)=O)C(=O)O. The number of nitrogens with two attached hydrogens (primary N) is 3. The van der Waals surface area contributed by atoms with Gasteiger partial charge in [-0.25, -0.2) is 9.78 Å². The summed E-state index contributed by atoms with van der Waals surface area (Å²) in [6.45, 7) is -0.000398. The van der Waals surface area contributed by atoms with Crippen molar-refractivity contribution in [3.8, 4) is 17.2 Å². The monoisotopic (exact) mass is 1190 g/mol. The Kier molecular flexibility index (Phi) is 24.6. The van der Waals surface area contributed by atoms with E-state index in [9.17, 15) is 83.4 Å². The van der Waals surface area contributed by atoms with Crippen molar-refractivity contribution in [2.24, 2.45) is 17.2 Å². The van der Waals surface area contributed by atoms with Gasteiger partial charge in [0.2, 0.25) is 59.1 Å². The Bertz CT molecular complexity index is 2980. The van der Waals surface area contributed by atoms with Crippen LogP contribution in [0.2, 0.25) is 0 Å². The topological polar surface area (TPSA) is 503 Å². The van der Waals surface area contributed by atoms with Gasteiger partial charge in [0.05, 0.1) is 25.1 Å². The fraction of sp³-hybridized carbons (Fsp3) is 0.418. The number of carbonyl (C=O) groups is 11. The number of aliphatic carboxylic acids is 1. The third kappa shape index (κ3) is 20.6. The van der Waals surface area contributed by atoms with E-state index in [1.165, 1.54) is 85.3 Å². The van der Waals surface area contributed by atoms with E-state index in [1.54, 1.807) is 0 Å². The van der Waals surface area contributed by atoms with E-state index < -0.39 is 139 Å². The highest BCUT2D eigenvalue weighted by molar-refractivity contribution is 5.99. The van der Waals surface area contributed by atoms with Crippen molar-refractivity contribution >= 4 is 65.0 Å². The lowest BCUT2D eigenvalue weighted by Gasteiger charge is -2.31. The third-order valence-electron chi connectivity index (χ3n) is 13.7. The molecule has 458 valence electrons. The van der Waals surface area contributed by atoms with Crippen molar-refractivity contribution in [1.82, 2.24) is 52.1 Å². The van der Waals surface area contributed by atoms with Crippen LogP contribution >= 0.6 is 0 Å². The van der Waals surface area contributed by atoms with Crippen LogP contribution in [0, 0.1) is 0 Å². The van der Waals surface area contributed by atoms with E-state index in [1.807, 2.05) is 0 Å². The van der Waals surface area contributed by atoms with Gasteiger partial charge in [0, 0.05) is 57.0 Å². The summed E-state index contributed by atoms with van der Waals surface area (Å²) < 4.78 is 0. The summed E-state index contributed by atoms with van der Waals surface area (Å²) in [6.07, 6.45) is -1.11. The van der Waals surface area contributed by atoms with Crippen LogP contribution in [-0.4, -0.2) is 184 Å². The lowest BCUT2D eigenvalue weighted by molar-refractivity contribution is -0.145. The molecule has 0 unspecified atom stereocenters. The first-order valence-electron chi connectivity index (χ1n) is 26.9. The average Bonchev–Trinajstić information content (AvgIpc) is 3.70. The van der Waals surface area contributed by atoms with Crippen molar-refractivity contribution < 1.29 is 83.4 Å². The molecular formula is C55H71N13O17. The third-order valence-corrected chi connectivity index (χ3v) is 13.7. The maximum absolute atomic E-state index is 14.7. The zero-order valence-corrected chi connectivity index (χ0v) is 46.1. The number of benzene rings is 3. The number of rotatable bonds is 32. The minimum Gasteiger partial charge on any atom is -0.508 e. The van der Waals surface area contributed by atoms with Gasteiger partial charge in [-0.2, -0.15) is 0 Å². The summed E-state index contributed by atoms with van der Waals surface area (Å²) in [6, 6.07) is 2.53. The fourth-order valence-corrected chi connectivity index (χ4v) is 9.01. The minimum atomic E-state index is -1.85. The molecule has 30 nitrogen and oxygen atoms in total. The second kappa shape index (κ2) is 31.7. The smallest absolute Gasteiger partial charge is 0.328 e. The number of aromatic nitrogens is 2. The van der Waals surface area contributed by atoms with E-state index in [-0.39, 0.29) is 87.3 Å². The quantitative estimate of drug-likeness (QED) is 0.0219. The van der Waals surface area contributed by atoms with Crippen LogP contribution in [0.25, 0.3) is 0 Å². The molecule has 1 aliphatic heterocycles. The number of phenolic OH excluding ortho intramolecular Hbond substituents is 3. The molecule has 1 fully saturated rings. The highest BCUT2D eigenvalue weighted by Gasteiger charge is 2.41. The second-order valence-electron chi connectivity index (χ2n) is 20.3. The number of carboxylic acid groups (broad SMARTS) is 1. The van der Waals surface area contributed by atoms with E-state index in [2.05, 4.69) is 47.2 Å². The maximum Gasteiger partial charge on any atom is 0.328 e. The Labute approximate surface area is 486 Å². The highest BCUT2D eigenvalue weighted by atomic mass is 16.4. The van der Waals surface area contributed by atoms with Gasteiger partial charge in [-0.3, -0.25) is 47.9 Å². The van der Waals surface area contributed by atoms with Crippen molar-refractivity contribution in [3.05, 3.63) is 108 Å². The van der Waals surface area contributed by atoms with Crippen LogP contribution in [0.5, 0.6) is 17.2 Å². The van der Waals surface area contributed by atoms with Gasteiger partial charge in [-0.1, -0.05) is 36.4 Å². The zero-order chi connectivity index (χ0) is 62.5. The first-order chi connectivity index (χ1) is 40.3. The Morgan fingerprint density at radius 3 is 1.48 bits per heavy atom. The first kappa shape index (κ1) is 66.1. The molecule has 1 aromatic heterocycles. The number of aliphatic hydroxyl groups is 2. The Balaban J connectivity index is 1.39. The largest absolute Gasteiger partial charge is 0.508 e. The lowest BCUT2D eigenvalue weighted by atomic mass is 10.0. The summed E-state index contributed by atoms with van der Waals surface area (Å²) in [5, 5.41) is 77.5. The Morgan fingerprint density at radius 2 is 1.01 bits per heavy atom. The number of amides is 10. The molecule has 0 saturated carbocycles. The Hall–Kier alpha value is -9.68. The van der Waals surface area contributed by atoms with Gasteiger partial charge in [-0.05, 0) is 85.7 Å². The number of carbonyl (C=O) groups excluding carboxylic acids is 10. The van der Waals surface area contributed by atoms with Crippen LogP contribution < -0.4 is 54.4 Å². The van der Waals surface area contributed by atoms with Gasteiger partial charge >= 0.3 is 5.97 Å². The number of phenols is 3. The summed E-state index contributed by atoms with van der Waals surface area (Å²) in [5.74, 6) is -11.4. The summed E-state index contributed by atoms with van der Waals surface area (Å²) in [4.78, 5) is 156. The van der Waals surface area contributed by atoms with Crippen molar-refractivity contribution in [2.75, 3.05) is 13.2 Å². The number of hydrogen-bond donors (Lipinski definition) is 17. The molecule has 3 aromatic carbocycles. The molecule has 0 aliphatic carbocycles. The van der Waals surface area contributed by atoms with Crippen LogP contribution in [0.1, 0.15) is 67.8 Å². The first-order valence-corrected chi connectivity index (χ1v) is 26.9. The van der Waals surface area contributed by atoms with Crippen LogP contribution in [0.15, 0.2) is 85.3 Å². The van der Waals surface area contributed by atoms with Gasteiger partial charge in [-0.15, -0.1) is 0 Å². The highest BCUT2D eigenvalue weighted by Crippen LogP contribution is 2.22. The number of aromatic amines is 1. The molecule has 1 saturated heterocycles. The molecule has 0 spiro atoms. The van der Waals surface area contributed by atoms with Crippen molar-refractivity contribution in [2.45, 2.75) is 132 Å². The average molecular weight is 1190 g/mol. The summed E-state index contributed by atoms with van der Waals surface area (Å²) >= 11 is 0. The predicted molar refractivity (Wildman–Crippen MR) is 297 cm³/mol. The molecule has 4 aromatic rings. The number of nitrogens with one attached hydrogen (secondary N) is 8. The van der Waals surface area contributed by atoms with Crippen LogP contribution in [0.4, 0.5) is 0 Å². The van der Waals surface area contributed by atoms with E-state index in [4.69, 9.17) is 17.2 Å². The molecule has 0 radical (unpaired) electrons. The normalized spacial score (nSPS) is 16.0. The molecule has 10 amide bonds. The standard InChI is InChI=1S/C55H71N13O17/c1-28(70)46(55(84)85)67-51(80)39(22-30-6-12-34(72)13-7-30)64-53(82)43-3-2-20-68(43)54(83)41(23-31-8-14-35(73)15-9-31)65-52(81)42(26-69)66-50(79)40(24-32-25-59-27-60-32)63-49(78)38(21-29-4-10-33(71)11-5-29)62-48(77)37(17-19-45(58)75)61-47(76)36(56)16-18-44(57)74/h4-15,25,27-28,36-43,46,69-73H,2-3,16-24,26,56H2,1H3,(H2,57,74)(H2,58,75)(H,59,60)(H,61,76)(H,62,77)(H,63,78)(H,64,82)(H,65,81)(H,66,79)(H,67,80)(H,84,85)/t28-,36+,37+,38+,39+,40+,41+,42+,43+,46+/m1/s1. The number of imidazole rings is 1. The minimum absolute atomic E-state index is 0.0462. The summed E-state index contributed by atoms with van der Waals surface area (Å²) in [7, 11) is 0. The second-order valence-corrected chi connectivity index (χ2v) is 20.3. The van der Waals surface area contributed by atoms with E-state index in [0.717, 1.165) is 11.8 Å². The van der Waals surface area contributed by atoms with E-state index in [0.29, 0.717) is 16.7 Å². The van der Waals surface area contributed by atoms with Gasteiger partial charge in [0.1, 0.15) is 59.5 Å². The number of carboxylic acids is 1. The van der Waals surface area contributed by atoms with Crippen molar-refractivity contribution in [1.29, 1.82) is 0 Å². The number of aromatic hydroxyl groups is 3. The molecule has 2 heterocycles. The number of likely N-dealkylation sites (tertiary alicyclic amines) is 1. The van der Waals surface area contributed by atoms with Crippen LogP contribution in [0.3, 0.4) is 0 Å². The maximum atomic E-state index is 14.7. The van der Waals surface area contributed by atoms with Gasteiger partial charge < -0.3 is 94.9 Å². The predicted octanol–water partition coefficient (Wildman–Crippen LogP) is -4.50. The molecule has 5 rings (SSSR count). The molecule has 1 aliphatic rings. The number of primary amides is 2. The molecular weight excluding hydrogens is 1110 g/mol. The number of nitrogens with zero attached hydrogens (tertiary/aromatic N) is 2. The van der Waals surface area contributed by atoms with E-state index >= 15 is 0 Å². The lowest BCUT2D eigenvalue weighted by Crippen LogP contribution is -2.61.